The van der Waals surface area contributed by atoms with Crippen LogP contribution in [0, 0.1) is 12.3 Å². The molecule has 6 heteroatoms. The van der Waals surface area contributed by atoms with Crippen LogP contribution in [0.2, 0.25) is 0 Å². The standard InChI is InChI=1S/C12H19N3O3/c1-2-4-13-11(16)10-15-8-6-14(7-9-15)5-3-12(17)18/h1H,3-10H2,(H,13,16)(H,17,18). The van der Waals surface area contributed by atoms with Crippen LogP contribution < -0.4 is 5.32 Å². The Hall–Kier alpha value is -1.58. The Kier molecular flexibility index (Phi) is 6.19. The molecule has 6 nitrogen and oxygen atoms in total. The Labute approximate surface area is 107 Å². The van der Waals surface area contributed by atoms with E-state index in [9.17, 15) is 9.59 Å². The summed E-state index contributed by atoms with van der Waals surface area (Å²) in [5.41, 5.74) is 0. The van der Waals surface area contributed by atoms with Crippen LogP contribution in [0.25, 0.3) is 0 Å². The van der Waals surface area contributed by atoms with Gasteiger partial charge in [-0.2, -0.15) is 0 Å². The van der Waals surface area contributed by atoms with Gasteiger partial charge in [0.2, 0.25) is 5.91 Å². The lowest BCUT2D eigenvalue weighted by atomic mass is 10.3. The van der Waals surface area contributed by atoms with Gasteiger partial charge >= 0.3 is 5.97 Å². The summed E-state index contributed by atoms with van der Waals surface area (Å²) in [7, 11) is 0. The first kappa shape index (κ1) is 14.5. The van der Waals surface area contributed by atoms with Crippen molar-refractivity contribution in [1.29, 1.82) is 0 Å². The monoisotopic (exact) mass is 253 g/mol. The molecule has 0 aliphatic carbocycles. The number of carbonyl (C=O) groups excluding carboxylic acids is 1. The van der Waals surface area contributed by atoms with Gasteiger partial charge in [-0.25, -0.2) is 0 Å². The molecule has 2 N–H and O–H groups in total. The van der Waals surface area contributed by atoms with Gasteiger partial charge in [-0.3, -0.25) is 14.5 Å². The van der Waals surface area contributed by atoms with Crippen LogP contribution in [-0.4, -0.2) is 72.6 Å². The van der Waals surface area contributed by atoms with Gasteiger partial charge in [0.05, 0.1) is 19.5 Å². The summed E-state index contributed by atoms with van der Waals surface area (Å²) in [6, 6.07) is 0. The van der Waals surface area contributed by atoms with Gasteiger partial charge in [0.15, 0.2) is 0 Å². The number of carboxylic acids is 1. The van der Waals surface area contributed by atoms with Crippen molar-refractivity contribution in [2.24, 2.45) is 0 Å². The average Bonchev–Trinajstić information content (AvgIpc) is 2.35. The van der Waals surface area contributed by atoms with E-state index in [0.29, 0.717) is 13.1 Å². The molecule has 0 saturated carbocycles. The van der Waals surface area contributed by atoms with E-state index in [1.807, 2.05) is 4.90 Å². The van der Waals surface area contributed by atoms with Crippen LogP contribution in [0.5, 0.6) is 0 Å². The molecular weight excluding hydrogens is 234 g/mol. The van der Waals surface area contributed by atoms with Crippen molar-refractivity contribution in [1.82, 2.24) is 15.1 Å². The fourth-order valence-corrected chi connectivity index (χ4v) is 1.83. The molecule has 1 fully saturated rings. The van der Waals surface area contributed by atoms with E-state index in [0.717, 1.165) is 26.2 Å². The zero-order valence-corrected chi connectivity index (χ0v) is 10.4. The number of hydrogen-bond acceptors (Lipinski definition) is 4. The van der Waals surface area contributed by atoms with Gasteiger partial charge in [0.1, 0.15) is 0 Å². The van der Waals surface area contributed by atoms with Crippen molar-refractivity contribution in [3.8, 4) is 12.3 Å². The summed E-state index contributed by atoms with van der Waals surface area (Å²) in [5, 5.41) is 11.2. The third kappa shape index (κ3) is 5.66. The minimum Gasteiger partial charge on any atom is -0.481 e. The van der Waals surface area contributed by atoms with Gasteiger partial charge in [0, 0.05) is 32.7 Å². The van der Waals surface area contributed by atoms with Crippen molar-refractivity contribution >= 4 is 11.9 Å². The number of piperazine rings is 1. The highest BCUT2D eigenvalue weighted by molar-refractivity contribution is 5.78. The molecule has 0 unspecified atom stereocenters. The molecule has 1 saturated heterocycles. The largest absolute Gasteiger partial charge is 0.481 e. The molecule has 1 amide bonds. The van der Waals surface area contributed by atoms with E-state index < -0.39 is 5.97 Å². The Balaban J connectivity index is 2.17. The maximum atomic E-state index is 11.4. The third-order valence-electron chi connectivity index (χ3n) is 2.86. The van der Waals surface area contributed by atoms with Gasteiger partial charge in [-0.05, 0) is 0 Å². The lowest BCUT2D eigenvalue weighted by Crippen LogP contribution is -2.49. The fraction of sp³-hybridized carbons (Fsp3) is 0.667. The molecule has 0 atom stereocenters. The SMILES string of the molecule is C#CCNC(=O)CN1CCN(CCC(=O)O)CC1. The quantitative estimate of drug-likeness (QED) is 0.583. The first-order valence-electron chi connectivity index (χ1n) is 5.98. The number of carboxylic acid groups (broad SMARTS) is 1. The summed E-state index contributed by atoms with van der Waals surface area (Å²) in [4.78, 5) is 26.0. The zero-order chi connectivity index (χ0) is 13.4. The predicted molar refractivity (Wildman–Crippen MR) is 67.0 cm³/mol. The number of rotatable bonds is 6. The van der Waals surface area contributed by atoms with Crippen molar-refractivity contribution < 1.29 is 14.7 Å². The van der Waals surface area contributed by atoms with Crippen molar-refractivity contribution in [2.45, 2.75) is 6.42 Å². The first-order valence-corrected chi connectivity index (χ1v) is 5.98. The normalized spacial score (nSPS) is 17.1. The molecule has 0 bridgehead atoms. The molecule has 0 aromatic carbocycles. The van der Waals surface area contributed by atoms with E-state index in [1.54, 1.807) is 0 Å². The molecule has 18 heavy (non-hydrogen) atoms. The Bertz CT molecular complexity index is 330. The zero-order valence-electron chi connectivity index (χ0n) is 10.4. The van der Waals surface area contributed by atoms with Gasteiger partial charge in [0.25, 0.3) is 0 Å². The Morgan fingerprint density at radius 2 is 1.83 bits per heavy atom. The maximum absolute atomic E-state index is 11.4. The summed E-state index contributed by atoms with van der Waals surface area (Å²) in [6.45, 7) is 4.36. The lowest BCUT2D eigenvalue weighted by molar-refractivity contribution is -0.137. The first-order chi connectivity index (χ1) is 8.61. The van der Waals surface area contributed by atoms with Gasteiger partial charge in [-0.15, -0.1) is 6.42 Å². The molecule has 0 spiro atoms. The second-order valence-electron chi connectivity index (χ2n) is 4.24. The van der Waals surface area contributed by atoms with Crippen LogP contribution in [0.15, 0.2) is 0 Å². The molecule has 0 aromatic rings. The lowest BCUT2D eigenvalue weighted by Gasteiger charge is -2.33. The number of carbonyl (C=O) groups is 2. The van der Waals surface area contributed by atoms with E-state index in [4.69, 9.17) is 11.5 Å². The van der Waals surface area contributed by atoms with Crippen LogP contribution in [0.4, 0.5) is 0 Å². The topological polar surface area (TPSA) is 72.9 Å². The van der Waals surface area contributed by atoms with Gasteiger partial charge < -0.3 is 15.3 Å². The van der Waals surface area contributed by atoms with Crippen molar-refractivity contribution in [3.05, 3.63) is 0 Å². The maximum Gasteiger partial charge on any atom is 0.304 e. The van der Waals surface area contributed by atoms with E-state index >= 15 is 0 Å². The summed E-state index contributed by atoms with van der Waals surface area (Å²) < 4.78 is 0. The average molecular weight is 253 g/mol. The molecule has 100 valence electrons. The minimum atomic E-state index is -0.772. The number of nitrogens with zero attached hydrogens (tertiary/aromatic N) is 2. The number of amides is 1. The van der Waals surface area contributed by atoms with Crippen LogP contribution in [0.3, 0.4) is 0 Å². The highest BCUT2D eigenvalue weighted by Crippen LogP contribution is 2.02. The second kappa shape index (κ2) is 7.69. The molecule has 0 aromatic heterocycles. The second-order valence-corrected chi connectivity index (χ2v) is 4.24. The van der Waals surface area contributed by atoms with Crippen LogP contribution in [-0.2, 0) is 9.59 Å². The van der Waals surface area contributed by atoms with Crippen molar-refractivity contribution in [3.63, 3.8) is 0 Å². The smallest absolute Gasteiger partial charge is 0.304 e. The molecule has 0 radical (unpaired) electrons. The Morgan fingerprint density at radius 1 is 1.22 bits per heavy atom. The summed E-state index contributed by atoms with van der Waals surface area (Å²) >= 11 is 0. The number of nitrogens with one attached hydrogen (secondary N) is 1. The molecule has 1 aliphatic heterocycles. The highest BCUT2D eigenvalue weighted by atomic mass is 16.4. The van der Waals surface area contributed by atoms with E-state index in [-0.39, 0.29) is 18.9 Å². The third-order valence-corrected chi connectivity index (χ3v) is 2.86. The number of aliphatic carboxylic acids is 1. The predicted octanol–water partition coefficient (Wildman–Crippen LogP) is -1.17. The molecule has 1 aliphatic rings. The summed E-state index contributed by atoms with van der Waals surface area (Å²) in [6.07, 6.45) is 5.22. The van der Waals surface area contributed by atoms with Gasteiger partial charge in [-0.1, -0.05) is 5.92 Å². The molecular formula is C12H19N3O3. The molecule has 1 heterocycles. The fourth-order valence-electron chi connectivity index (χ4n) is 1.83. The summed E-state index contributed by atoms with van der Waals surface area (Å²) in [5.74, 6) is 1.52. The Morgan fingerprint density at radius 3 is 2.39 bits per heavy atom. The van der Waals surface area contributed by atoms with E-state index in [2.05, 4.69) is 16.1 Å². The minimum absolute atomic E-state index is 0.0630. The van der Waals surface area contributed by atoms with E-state index in [1.165, 1.54) is 0 Å². The van der Waals surface area contributed by atoms with Crippen molar-refractivity contribution in [2.75, 3.05) is 45.8 Å². The molecule has 1 rings (SSSR count). The van der Waals surface area contributed by atoms with Crippen LogP contribution >= 0.6 is 0 Å². The number of terminal acetylenes is 1. The van der Waals surface area contributed by atoms with Crippen LogP contribution in [0.1, 0.15) is 6.42 Å². The highest BCUT2D eigenvalue weighted by Gasteiger charge is 2.18. The number of hydrogen-bond donors (Lipinski definition) is 2.